The van der Waals surface area contributed by atoms with E-state index in [1.807, 2.05) is 31.2 Å². The zero-order chi connectivity index (χ0) is 12.8. The molecular weight excluding hydrogens is 222 g/mol. The van der Waals surface area contributed by atoms with Gasteiger partial charge in [-0.3, -0.25) is 4.79 Å². The van der Waals surface area contributed by atoms with Gasteiger partial charge in [-0.2, -0.15) is 0 Å². The topological polar surface area (TPSA) is 75.6 Å². The Kier molecular flexibility index (Phi) is 4.51. The number of amides is 1. The number of nitrogens with one attached hydrogen (secondary N) is 1. The lowest BCUT2D eigenvalue weighted by Gasteiger charge is -2.10. The number of carbonyl (C=O) groups is 2. The summed E-state index contributed by atoms with van der Waals surface area (Å²) in [6.45, 7) is 3.44. The van der Waals surface area contributed by atoms with Crippen LogP contribution < -0.4 is 5.32 Å². The van der Waals surface area contributed by atoms with Crippen molar-refractivity contribution in [2.45, 2.75) is 26.5 Å². The molecule has 0 saturated heterocycles. The highest BCUT2D eigenvalue weighted by atomic mass is 16.5. The van der Waals surface area contributed by atoms with E-state index in [2.05, 4.69) is 5.32 Å². The Labute approximate surface area is 99.4 Å². The van der Waals surface area contributed by atoms with Gasteiger partial charge in [-0.15, -0.1) is 0 Å². The van der Waals surface area contributed by atoms with Crippen LogP contribution in [0.2, 0.25) is 0 Å². The monoisotopic (exact) mass is 237 g/mol. The fourth-order valence-corrected chi connectivity index (χ4v) is 1.23. The highest BCUT2D eigenvalue weighted by molar-refractivity contribution is 5.79. The van der Waals surface area contributed by atoms with Crippen LogP contribution in [0.5, 0.6) is 0 Å². The minimum atomic E-state index is -1.10. The van der Waals surface area contributed by atoms with E-state index in [4.69, 9.17) is 9.84 Å². The van der Waals surface area contributed by atoms with Crippen molar-refractivity contribution >= 4 is 12.1 Å². The molecular formula is C12H15NO4. The number of aryl methyl sites for hydroxylation is 1. The molecule has 0 bridgehead atoms. The fraction of sp³-hybridized carbons (Fsp3) is 0.333. The van der Waals surface area contributed by atoms with Crippen LogP contribution in [0.1, 0.15) is 18.1 Å². The van der Waals surface area contributed by atoms with Crippen LogP contribution in [0.4, 0.5) is 4.79 Å². The number of rotatable bonds is 4. The van der Waals surface area contributed by atoms with Gasteiger partial charge in [-0.05, 0) is 19.4 Å². The number of ether oxygens (including phenoxy) is 1. The number of hydrogen-bond donors (Lipinski definition) is 2. The fourth-order valence-electron chi connectivity index (χ4n) is 1.23. The third kappa shape index (κ3) is 4.55. The molecule has 1 amide bonds. The molecule has 0 fully saturated rings. The van der Waals surface area contributed by atoms with Crippen molar-refractivity contribution in [3.8, 4) is 0 Å². The molecule has 0 aliphatic heterocycles. The van der Waals surface area contributed by atoms with Gasteiger partial charge in [0, 0.05) is 0 Å². The zero-order valence-electron chi connectivity index (χ0n) is 9.77. The van der Waals surface area contributed by atoms with E-state index in [-0.39, 0.29) is 6.61 Å². The molecule has 1 atom stereocenters. The van der Waals surface area contributed by atoms with Crippen LogP contribution in [0.15, 0.2) is 24.3 Å². The molecule has 0 aliphatic rings. The third-order valence-electron chi connectivity index (χ3n) is 2.16. The Morgan fingerprint density at radius 1 is 1.47 bits per heavy atom. The van der Waals surface area contributed by atoms with Crippen LogP contribution >= 0.6 is 0 Å². The Bertz CT molecular complexity index is 417. The summed E-state index contributed by atoms with van der Waals surface area (Å²) in [4.78, 5) is 21.7. The largest absolute Gasteiger partial charge is 0.480 e. The molecule has 0 saturated carbocycles. The number of carboxylic acids is 1. The van der Waals surface area contributed by atoms with E-state index >= 15 is 0 Å². The molecule has 0 radical (unpaired) electrons. The molecule has 5 nitrogen and oxygen atoms in total. The first-order valence-corrected chi connectivity index (χ1v) is 5.20. The second-order valence-corrected chi connectivity index (χ2v) is 3.77. The van der Waals surface area contributed by atoms with Gasteiger partial charge in [0.05, 0.1) is 0 Å². The van der Waals surface area contributed by atoms with E-state index < -0.39 is 18.1 Å². The molecule has 17 heavy (non-hydrogen) atoms. The summed E-state index contributed by atoms with van der Waals surface area (Å²) in [5.41, 5.74) is 1.94. The van der Waals surface area contributed by atoms with Crippen LogP contribution in [0, 0.1) is 6.92 Å². The summed E-state index contributed by atoms with van der Waals surface area (Å²) >= 11 is 0. The normalized spacial score (nSPS) is 11.6. The van der Waals surface area contributed by atoms with Crippen LogP contribution in [0.25, 0.3) is 0 Å². The van der Waals surface area contributed by atoms with Crippen LogP contribution in [0.3, 0.4) is 0 Å². The lowest BCUT2D eigenvalue weighted by Crippen LogP contribution is -2.38. The highest BCUT2D eigenvalue weighted by Gasteiger charge is 2.14. The van der Waals surface area contributed by atoms with Gasteiger partial charge in [-0.25, -0.2) is 4.79 Å². The third-order valence-corrected chi connectivity index (χ3v) is 2.16. The highest BCUT2D eigenvalue weighted by Crippen LogP contribution is 2.05. The predicted octanol–water partition coefficient (Wildman–Crippen LogP) is 1.69. The summed E-state index contributed by atoms with van der Waals surface area (Å²) in [7, 11) is 0. The average molecular weight is 237 g/mol. The summed E-state index contributed by atoms with van der Waals surface area (Å²) in [5.74, 6) is -1.10. The predicted molar refractivity (Wildman–Crippen MR) is 61.6 cm³/mol. The Balaban J connectivity index is 2.41. The van der Waals surface area contributed by atoms with Crippen LogP contribution in [-0.4, -0.2) is 23.2 Å². The average Bonchev–Trinajstić information content (AvgIpc) is 2.26. The van der Waals surface area contributed by atoms with Crippen molar-refractivity contribution in [1.29, 1.82) is 0 Å². The molecule has 2 N–H and O–H groups in total. The lowest BCUT2D eigenvalue weighted by molar-refractivity contribution is -0.138. The number of carbonyl (C=O) groups excluding carboxylic acids is 1. The second kappa shape index (κ2) is 5.89. The summed E-state index contributed by atoms with van der Waals surface area (Å²) in [6.07, 6.45) is -0.735. The smallest absolute Gasteiger partial charge is 0.408 e. The molecule has 0 aliphatic carbocycles. The first-order chi connectivity index (χ1) is 7.99. The van der Waals surface area contributed by atoms with Gasteiger partial charge in [0.15, 0.2) is 0 Å². The number of hydrogen-bond acceptors (Lipinski definition) is 3. The van der Waals surface area contributed by atoms with Gasteiger partial charge in [0.1, 0.15) is 12.6 Å². The van der Waals surface area contributed by atoms with Gasteiger partial charge in [-0.1, -0.05) is 29.8 Å². The number of aliphatic carboxylic acids is 1. The van der Waals surface area contributed by atoms with Crippen molar-refractivity contribution in [1.82, 2.24) is 5.32 Å². The van der Waals surface area contributed by atoms with Crippen molar-refractivity contribution in [3.63, 3.8) is 0 Å². The van der Waals surface area contributed by atoms with E-state index in [1.165, 1.54) is 6.92 Å². The van der Waals surface area contributed by atoms with E-state index in [1.54, 1.807) is 0 Å². The SMILES string of the molecule is Cc1cccc(COC(=O)NC(C)C(=O)O)c1. The maximum Gasteiger partial charge on any atom is 0.408 e. The molecule has 1 aromatic rings. The first-order valence-electron chi connectivity index (χ1n) is 5.20. The maximum atomic E-state index is 11.2. The molecule has 0 heterocycles. The van der Waals surface area contributed by atoms with Crippen molar-refractivity contribution in [3.05, 3.63) is 35.4 Å². The minimum absolute atomic E-state index is 0.125. The number of benzene rings is 1. The van der Waals surface area contributed by atoms with Crippen molar-refractivity contribution in [2.75, 3.05) is 0 Å². The number of alkyl carbamates (subject to hydrolysis) is 1. The molecule has 92 valence electrons. The molecule has 1 rings (SSSR count). The minimum Gasteiger partial charge on any atom is -0.480 e. The molecule has 0 spiro atoms. The van der Waals surface area contributed by atoms with Gasteiger partial charge >= 0.3 is 12.1 Å². The van der Waals surface area contributed by atoms with E-state index in [0.717, 1.165) is 11.1 Å². The second-order valence-electron chi connectivity index (χ2n) is 3.77. The van der Waals surface area contributed by atoms with Crippen molar-refractivity contribution < 1.29 is 19.4 Å². The first kappa shape index (κ1) is 13.0. The van der Waals surface area contributed by atoms with E-state index in [9.17, 15) is 9.59 Å². The Morgan fingerprint density at radius 3 is 2.76 bits per heavy atom. The van der Waals surface area contributed by atoms with Gasteiger partial charge in [0.25, 0.3) is 0 Å². The quantitative estimate of drug-likeness (QED) is 0.835. The van der Waals surface area contributed by atoms with Gasteiger partial charge in [0.2, 0.25) is 0 Å². The molecule has 1 unspecified atom stereocenters. The number of carboxylic acid groups (broad SMARTS) is 1. The van der Waals surface area contributed by atoms with E-state index in [0.29, 0.717) is 0 Å². The standard InChI is InChI=1S/C12H15NO4/c1-8-4-3-5-10(6-8)7-17-12(16)13-9(2)11(14)15/h3-6,9H,7H2,1-2H3,(H,13,16)(H,14,15). The molecule has 1 aromatic carbocycles. The molecule has 0 aromatic heterocycles. The summed E-state index contributed by atoms with van der Waals surface area (Å²) < 4.78 is 4.89. The summed E-state index contributed by atoms with van der Waals surface area (Å²) in [5, 5.41) is 10.8. The maximum absolute atomic E-state index is 11.2. The summed E-state index contributed by atoms with van der Waals surface area (Å²) in [6, 6.07) is 6.58. The van der Waals surface area contributed by atoms with Crippen molar-refractivity contribution in [2.24, 2.45) is 0 Å². The Hall–Kier alpha value is -2.04. The zero-order valence-corrected chi connectivity index (χ0v) is 9.77. The van der Waals surface area contributed by atoms with Crippen LogP contribution in [-0.2, 0) is 16.1 Å². The molecule has 5 heteroatoms. The van der Waals surface area contributed by atoms with Gasteiger partial charge < -0.3 is 15.2 Å². The Morgan fingerprint density at radius 2 is 2.18 bits per heavy atom. The lowest BCUT2D eigenvalue weighted by atomic mass is 10.1.